The molecule has 1 aromatic heterocycles. The molecule has 0 aliphatic carbocycles. The van der Waals surface area contributed by atoms with E-state index in [-0.39, 0.29) is 0 Å². The fraction of sp³-hybridized carbons (Fsp3) is 0. The van der Waals surface area contributed by atoms with Crippen molar-refractivity contribution in [3.05, 3.63) is 187 Å². The summed E-state index contributed by atoms with van der Waals surface area (Å²) in [5.41, 5.74) is 7.41. The van der Waals surface area contributed by atoms with Gasteiger partial charge in [-0.2, -0.15) is 5.26 Å². The number of nitriles is 1. The highest BCUT2D eigenvalue weighted by atomic mass is 32.1. The maximum Gasteiger partial charge on any atom is 0.187 e. The van der Waals surface area contributed by atoms with Crippen LogP contribution in [0.3, 0.4) is 0 Å². The van der Waals surface area contributed by atoms with Gasteiger partial charge in [0.1, 0.15) is 0 Å². The third-order valence-corrected chi connectivity index (χ3v) is 10.7. The molecule has 0 atom stereocenters. The minimum atomic E-state index is 0.609. The fourth-order valence-electron chi connectivity index (χ4n) is 7.13. The molecule has 0 saturated carbocycles. The van der Waals surface area contributed by atoms with Crippen molar-refractivity contribution in [3.8, 4) is 6.07 Å². The van der Waals surface area contributed by atoms with Crippen LogP contribution >= 0.6 is 11.3 Å². The summed E-state index contributed by atoms with van der Waals surface area (Å²) in [7, 11) is 0. The average molecular weight is 669 g/mol. The Morgan fingerprint density at radius 1 is 0.490 bits per heavy atom. The lowest BCUT2D eigenvalue weighted by Gasteiger charge is -2.26. The first-order valence-corrected chi connectivity index (χ1v) is 17.5. The second kappa shape index (κ2) is 12.5. The molecule has 0 radical (unpaired) electrons. The molecular weight excluding hydrogens is 641 g/mol. The lowest BCUT2D eigenvalue weighted by atomic mass is 9.97. The first-order chi connectivity index (χ1) is 25.2. The predicted molar refractivity (Wildman–Crippen MR) is 215 cm³/mol. The summed E-state index contributed by atoms with van der Waals surface area (Å²) in [5, 5.41) is 16.7. The molecule has 0 spiro atoms. The molecule has 9 rings (SSSR count). The molecule has 0 fully saturated rings. The van der Waals surface area contributed by atoms with Gasteiger partial charge in [-0.3, -0.25) is 0 Å². The van der Waals surface area contributed by atoms with Crippen LogP contribution in [0.15, 0.2) is 170 Å². The Labute approximate surface area is 299 Å². The van der Waals surface area contributed by atoms with Crippen molar-refractivity contribution in [2.24, 2.45) is 0 Å². The number of hydrogen-bond donors (Lipinski definition) is 0. The molecule has 0 aliphatic rings. The highest BCUT2D eigenvalue weighted by Gasteiger charge is 2.25. The zero-order chi connectivity index (χ0) is 34.3. The number of hydrogen-bond acceptors (Lipinski definition) is 4. The van der Waals surface area contributed by atoms with Crippen LogP contribution in [0.4, 0.5) is 39.8 Å². The first-order valence-electron chi connectivity index (χ1n) is 16.7. The Hall–Kier alpha value is -6.92. The van der Waals surface area contributed by atoms with Crippen LogP contribution in [0.1, 0.15) is 5.56 Å². The van der Waals surface area contributed by atoms with Gasteiger partial charge < -0.3 is 9.80 Å². The molecule has 0 bridgehead atoms. The van der Waals surface area contributed by atoms with Gasteiger partial charge in [-0.05, 0) is 94.3 Å². The Morgan fingerprint density at radius 2 is 0.902 bits per heavy atom. The lowest BCUT2D eigenvalue weighted by molar-refractivity contribution is 1.30. The minimum Gasteiger partial charge on any atom is -0.309 e. The highest BCUT2D eigenvalue weighted by molar-refractivity contribution is 7.27. The van der Waals surface area contributed by atoms with Gasteiger partial charge in [0, 0.05) is 33.5 Å². The molecule has 0 aliphatic heterocycles. The van der Waals surface area contributed by atoms with Crippen molar-refractivity contribution in [1.82, 2.24) is 0 Å². The van der Waals surface area contributed by atoms with Crippen LogP contribution in [0, 0.1) is 17.9 Å². The third kappa shape index (κ3) is 5.13. The average Bonchev–Trinajstić information content (AvgIpc) is 3.61. The Morgan fingerprint density at radius 3 is 1.35 bits per heavy atom. The van der Waals surface area contributed by atoms with Gasteiger partial charge in [0.15, 0.2) is 5.69 Å². The summed E-state index contributed by atoms with van der Waals surface area (Å²) >= 11 is 1.81. The normalized spacial score (nSPS) is 11.1. The largest absolute Gasteiger partial charge is 0.309 e. The van der Waals surface area contributed by atoms with E-state index >= 15 is 0 Å². The van der Waals surface area contributed by atoms with E-state index in [0.29, 0.717) is 11.3 Å². The molecule has 0 amide bonds. The maximum absolute atomic E-state index is 9.61. The van der Waals surface area contributed by atoms with Gasteiger partial charge in [0.2, 0.25) is 0 Å². The van der Waals surface area contributed by atoms with Gasteiger partial charge in [-0.1, -0.05) is 97.1 Å². The summed E-state index contributed by atoms with van der Waals surface area (Å²) < 4.78 is 2.35. The number of para-hydroxylation sites is 2. The highest BCUT2D eigenvalue weighted by Crippen LogP contribution is 2.53. The second-order valence-corrected chi connectivity index (χ2v) is 13.4. The smallest absolute Gasteiger partial charge is 0.187 e. The van der Waals surface area contributed by atoms with Crippen molar-refractivity contribution >= 4 is 92.9 Å². The lowest BCUT2D eigenvalue weighted by Crippen LogP contribution is -2.10. The summed E-state index contributed by atoms with van der Waals surface area (Å²) in [6, 6.07) is 60.8. The third-order valence-electron chi connectivity index (χ3n) is 9.42. The Balaban J connectivity index is 1.44. The van der Waals surface area contributed by atoms with Gasteiger partial charge in [-0.15, -0.1) is 11.3 Å². The standard InChI is InChI=1S/C46H28N4S/c1-48-34-22-26-38(27-23-34)50(36-16-6-3-7-17-36)42-29-33-13-9-11-19-40(33)44-43-39-18-10-8-12-32(39)28-41(45(43)51-46(42)44)49(35-14-4-2-5-15-35)37-24-20-31(30-47)21-25-37/h2-29H. The van der Waals surface area contributed by atoms with Crippen molar-refractivity contribution in [1.29, 1.82) is 5.26 Å². The van der Waals surface area contributed by atoms with Crippen LogP contribution in [0.5, 0.6) is 0 Å². The van der Waals surface area contributed by atoms with Gasteiger partial charge >= 0.3 is 0 Å². The van der Waals surface area contributed by atoms with Crippen LogP contribution in [-0.2, 0) is 0 Å². The molecular formula is C46H28N4S. The molecule has 51 heavy (non-hydrogen) atoms. The summed E-state index contributed by atoms with van der Waals surface area (Å²) in [5.74, 6) is 0. The molecule has 1 heterocycles. The minimum absolute atomic E-state index is 0.609. The van der Waals surface area contributed by atoms with Gasteiger partial charge in [-0.25, -0.2) is 4.85 Å². The van der Waals surface area contributed by atoms with E-state index in [1.807, 2.05) is 72.0 Å². The predicted octanol–water partition coefficient (Wildman–Crippen LogP) is 13.7. The summed E-state index contributed by atoms with van der Waals surface area (Å²) in [6.07, 6.45) is 0. The van der Waals surface area contributed by atoms with Crippen molar-refractivity contribution in [2.75, 3.05) is 9.80 Å². The molecule has 0 saturated heterocycles. The van der Waals surface area contributed by atoms with E-state index in [2.05, 4.69) is 130 Å². The van der Waals surface area contributed by atoms with Crippen molar-refractivity contribution in [3.63, 3.8) is 0 Å². The molecule has 238 valence electrons. The summed E-state index contributed by atoms with van der Waals surface area (Å²) in [6.45, 7) is 7.57. The van der Waals surface area contributed by atoms with E-state index < -0.39 is 0 Å². The SMILES string of the molecule is [C-]#[N+]c1ccc(N(c2ccccc2)c2cc3ccccc3c3c2sc2c(N(c4ccccc4)c4ccc(C#N)cc4)cc4ccccc4c23)cc1. The number of benzene rings is 8. The van der Waals surface area contributed by atoms with Gasteiger partial charge in [0.05, 0.1) is 39.0 Å². The van der Waals surface area contributed by atoms with E-state index in [1.54, 1.807) is 0 Å². The number of rotatable bonds is 6. The number of nitrogens with zero attached hydrogens (tertiary/aromatic N) is 4. The summed E-state index contributed by atoms with van der Waals surface area (Å²) in [4.78, 5) is 8.29. The van der Waals surface area contributed by atoms with E-state index in [0.717, 1.165) is 44.9 Å². The zero-order valence-corrected chi connectivity index (χ0v) is 28.2. The molecule has 0 unspecified atom stereocenters. The zero-order valence-electron chi connectivity index (χ0n) is 27.4. The Kier molecular flexibility index (Phi) is 7.40. The molecule has 5 heteroatoms. The van der Waals surface area contributed by atoms with E-state index in [1.165, 1.54) is 30.9 Å². The van der Waals surface area contributed by atoms with Crippen LogP contribution < -0.4 is 9.80 Å². The Bertz CT molecular complexity index is 2620. The first kappa shape index (κ1) is 30.2. The maximum atomic E-state index is 9.61. The quantitative estimate of drug-likeness (QED) is 0.165. The molecule has 0 N–H and O–H groups in total. The molecule has 9 aromatic rings. The number of thiophene rings is 1. The fourth-order valence-corrected chi connectivity index (χ4v) is 8.48. The van der Waals surface area contributed by atoms with Gasteiger partial charge in [0.25, 0.3) is 0 Å². The van der Waals surface area contributed by atoms with Crippen molar-refractivity contribution in [2.45, 2.75) is 0 Å². The van der Waals surface area contributed by atoms with E-state index in [9.17, 15) is 5.26 Å². The topological polar surface area (TPSA) is 34.6 Å². The van der Waals surface area contributed by atoms with Crippen LogP contribution in [0.2, 0.25) is 0 Å². The monoisotopic (exact) mass is 668 g/mol. The molecule has 4 nitrogen and oxygen atoms in total. The van der Waals surface area contributed by atoms with E-state index in [4.69, 9.17) is 6.57 Å². The van der Waals surface area contributed by atoms with Crippen LogP contribution in [0.25, 0.3) is 46.6 Å². The van der Waals surface area contributed by atoms with Crippen molar-refractivity contribution < 1.29 is 0 Å². The number of anilines is 6. The van der Waals surface area contributed by atoms with Crippen LogP contribution in [-0.4, -0.2) is 0 Å². The number of fused-ring (bicyclic) bond motifs is 7. The molecule has 8 aromatic carbocycles. The second-order valence-electron chi connectivity index (χ2n) is 12.4.